The highest BCUT2D eigenvalue weighted by molar-refractivity contribution is 5.95. The van der Waals surface area contributed by atoms with Crippen molar-refractivity contribution >= 4 is 11.8 Å². The second-order valence-corrected chi connectivity index (χ2v) is 6.07. The molecule has 3 atom stereocenters. The van der Waals surface area contributed by atoms with E-state index in [1.807, 2.05) is 30.0 Å². The Kier molecular flexibility index (Phi) is 3.24. The lowest BCUT2D eigenvalue weighted by atomic mass is 10.1. The normalized spacial score (nSPS) is 28.6. The Labute approximate surface area is 119 Å². The van der Waals surface area contributed by atoms with E-state index >= 15 is 0 Å². The Morgan fingerprint density at radius 2 is 2.15 bits per heavy atom. The molecule has 106 valence electrons. The summed E-state index contributed by atoms with van der Waals surface area (Å²) in [5, 5.41) is 2.98. The van der Waals surface area contributed by atoms with Crippen molar-refractivity contribution in [2.24, 2.45) is 5.92 Å². The van der Waals surface area contributed by atoms with Crippen molar-refractivity contribution in [1.82, 2.24) is 10.2 Å². The first-order chi connectivity index (χ1) is 9.54. The number of nitrogens with one attached hydrogen (secondary N) is 1. The van der Waals surface area contributed by atoms with Crippen molar-refractivity contribution in [3.63, 3.8) is 0 Å². The zero-order valence-electron chi connectivity index (χ0n) is 11.9. The lowest BCUT2D eigenvalue weighted by Crippen LogP contribution is -2.37. The van der Waals surface area contributed by atoms with Gasteiger partial charge in [-0.1, -0.05) is 24.6 Å². The van der Waals surface area contributed by atoms with Crippen molar-refractivity contribution in [3.8, 4) is 0 Å². The summed E-state index contributed by atoms with van der Waals surface area (Å²) in [7, 11) is 0. The summed E-state index contributed by atoms with van der Waals surface area (Å²) in [6.07, 6.45) is 1.53. The van der Waals surface area contributed by atoms with Gasteiger partial charge in [-0.3, -0.25) is 9.59 Å². The number of amides is 2. The molecule has 3 rings (SSSR count). The maximum Gasteiger partial charge on any atom is 0.251 e. The molecule has 1 aliphatic heterocycles. The molecule has 1 aromatic rings. The van der Waals surface area contributed by atoms with Crippen LogP contribution < -0.4 is 5.32 Å². The Bertz CT molecular complexity index is 555. The molecule has 1 saturated carbocycles. The minimum absolute atomic E-state index is 0.0525. The molecule has 20 heavy (non-hydrogen) atoms. The van der Waals surface area contributed by atoms with Crippen molar-refractivity contribution < 1.29 is 9.59 Å². The number of carbonyl (C=O) groups is 2. The molecule has 3 unspecified atom stereocenters. The van der Waals surface area contributed by atoms with Crippen molar-refractivity contribution in [1.29, 1.82) is 0 Å². The number of aryl methyl sites for hydroxylation is 1. The summed E-state index contributed by atoms with van der Waals surface area (Å²) in [4.78, 5) is 26.1. The van der Waals surface area contributed by atoms with Crippen LogP contribution in [0.25, 0.3) is 0 Å². The summed E-state index contributed by atoms with van der Waals surface area (Å²) in [6, 6.07) is 7.87. The van der Waals surface area contributed by atoms with Crippen LogP contribution in [0.5, 0.6) is 0 Å². The molecule has 1 aliphatic carbocycles. The first-order valence-corrected chi connectivity index (χ1v) is 7.21. The van der Waals surface area contributed by atoms with Crippen LogP contribution >= 0.6 is 0 Å². The maximum absolute atomic E-state index is 12.2. The third-order valence-electron chi connectivity index (χ3n) is 4.24. The van der Waals surface area contributed by atoms with E-state index < -0.39 is 0 Å². The second-order valence-electron chi connectivity index (χ2n) is 6.07. The van der Waals surface area contributed by atoms with Crippen molar-refractivity contribution in [2.75, 3.05) is 6.54 Å². The molecule has 1 saturated heterocycles. The number of carbonyl (C=O) groups excluding carboxylic acids is 2. The minimum Gasteiger partial charge on any atom is -0.347 e. The first-order valence-electron chi connectivity index (χ1n) is 7.21. The Balaban J connectivity index is 1.61. The van der Waals surface area contributed by atoms with Crippen LogP contribution in [0.1, 0.15) is 35.7 Å². The van der Waals surface area contributed by atoms with Crippen molar-refractivity contribution in [3.05, 3.63) is 35.4 Å². The van der Waals surface area contributed by atoms with E-state index in [9.17, 15) is 9.59 Å². The smallest absolute Gasteiger partial charge is 0.251 e. The van der Waals surface area contributed by atoms with Crippen LogP contribution in [0.4, 0.5) is 0 Å². The Morgan fingerprint density at radius 1 is 1.40 bits per heavy atom. The highest BCUT2D eigenvalue weighted by Gasteiger charge is 2.44. The third kappa shape index (κ3) is 2.55. The van der Waals surface area contributed by atoms with Gasteiger partial charge in [0.15, 0.2) is 0 Å². The molecule has 1 heterocycles. The number of hydrogen-bond acceptors (Lipinski definition) is 2. The fourth-order valence-electron chi connectivity index (χ4n) is 2.94. The standard InChI is InChI=1S/C16H20N2O2/c1-10-4-3-5-12(6-10)16(20)17-13-8-15(19)18(9-13)14-7-11(14)2/h3-6,11,13-14H,7-9H2,1-2H3,(H,17,20). The maximum atomic E-state index is 12.2. The van der Waals surface area contributed by atoms with Crippen LogP contribution in [0.2, 0.25) is 0 Å². The predicted octanol–water partition coefficient (Wildman–Crippen LogP) is 1.73. The average Bonchev–Trinajstić information content (AvgIpc) is 3.01. The average molecular weight is 272 g/mol. The van der Waals surface area contributed by atoms with E-state index in [0.717, 1.165) is 12.0 Å². The third-order valence-corrected chi connectivity index (χ3v) is 4.24. The number of benzene rings is 1. The summed E-state index contributed by atoms with van der Waals surface area (Å²) in [6.45, 7) is 4.79. The monoisotopic (exact) mass is 272 g/mol. The molecular formula is C16H20N2O2. The van der Waals surface area contributed by atoms with E-state index in [2.05, 4.69) is 12.2 Å². The summed E-state index contributed by atoms with van der Waals surface area (Å²) in [5.74, 6) is 0.705. The molecule has 2 amide bonds. The molecule has 2 fully saturated rings. The number of likely N-dealkylation sites (tertiary alicyclic amines) is 1. The van der Waals surface area contributed by atoms with Gasteiger partial charge in [0.1, 0.15) is 0 Å². The van der Waals surface area contributed by atoms with Gasteiger partial charge in [0.2, 0.25) is 5.91 Å². The van der Waals surface area contributed by atoms with E-state index in [4.69, 9.17) is 0 Å². The van der Waals surface area contributed by atoms with Gasteiger partial charge in [0.25, 0.3) is 5.91 Å². The van der Waals surface area contributed by atoms with E-state index in [1.54, 1.807) is 6.07 Å². The largest absolute Gasteiger partial charge is 0.347 e. The molecule has 0 radical (unpaired) electrons. The zero-order chi connectivity index (χ0) is 14.3. The summed E-state index contributed by atoms with van der Waals surface area (Å²) >= 11 is 0. The van der Waals surface area contributed by atoms with Gasteiger partial charge >= 0.3 is 0 Å². The van der Waals surface area contributed by atoms with Crippen LogP contribution in [-0.2, 0) is 4.79 Å². The fraction of sp³-hybridized carbons (Fsp3) is 0.500. The molecule has 0 aromatic heterocycles. The molecule has 1 N–H and O–H groups in total. The SMILES string of the molecule is Cc1cccc(C(=O)NC2CC(=O)N(C3CC3C)C2)c1. The predicted molar refractivity (Wildman–Crippen MR) is 76.3 cm³/mol. The molecule has 2 aliphatic rings. The zero-order valence-corrected chi connectivity index (χ0v) is 11.9. The van der Waals surface area contributed by atoms with E-state index in [1.165, 1.54) is 0 Å². The highest BCUT2D eigenvalue weighted by Crippen LogP contribution is 2.37. The molecular weight excluding hydrogens is 252 g/mol. The minimum atomic E-state index is -0.0859. The Hall–Kier alpha value is -1.84. The number of nitrogens with zero attached hydrogens (tertiary/aromatic N) is 1. The lowest BCUT2D eigenvalue weighted by molar-refractivity contribution is -0.128. The fourth-order valence-corrected chi connectivity index (χ4v) is 2.94. The molecule has 4 nitrogen and oxygen atoms in total. The van der Waals surface area contributed by atoms with Crippen molar-refractivity contribution in [2.45, 2.75) is 38.8 Å². The second kappa shape index (κ2) is 4.93. The van der Waals surface area contributed by atoms with Crippen LogP contribution in [0.3, 0.4) is 0 Å². The van der Waals surface area contributed by atoms with Crippen LogP contribution in [0, 0.1) is 12.8 Å². The van der Waals surface area contributed by atoms with Gasteiger partial charge in [-0.25, -0.2) is 0 Å². The van der Waals surface area contributed by atoms with Gasteiger partial charge in [0, 0.05) is 24.6 Å². The van der Waals surface area contributed by atoms with E-state index in [0.29, 0.717) is 30.5 Å². The van der Waals surface area contributed by atoms with Gasteiger partial charge in [-0.05, 0) is 31.4 Å². The Morgan fingerprint density at radius 3 is 2.80 bits per heavy atom. The molecule has 0 spiro atoms. The highest BCUT2D eigenvalue weighted by atomic mass is 16.2. The molecule has 4 heteroatoms. The van der Waals surface area contributed by atoms with Gasteiger partial charge in [0.05, 0.1) is 6.04 Å². The summed E-state index contributed by atoms with van der Waals surface area (Å²) in [5.41, 5.74) is 1.73. The molecule has 0 bridgehead atoms. The number of hydrogen-bond donors (Lipinski definition) is 1. The van der Waals surface area contributed by atoms with Gasteiger partial charge in [-0.15, -0.1) is 0 Å². The quantitative estimate of drug-likeness (QED) is 0.911. The van der Waals surface area contributed by atoms with Gasteiger partial charge in [-0.2, -0.15) is 0 Å². The number of rotatable bonds is 3. The van der Waals surface area contributed by atoms with E-state index in [-0.39, 0.29) is 17.9 Å². The van der Waals surface area contributed by atoms with Gasteiger partial charge < -0.3 is 10.2 Å². The topological polar surface area (TPSA) is 49.4 Å². The summed E-state index contributed by atoms with van der Waals surface area (Å²) < 4.78 is 0. The first kappa shape index (κ1) is 13.2. The van der Waals surface area contributed by atoms with Crippen LogP contribution in [0.15, 0.2) is 24.3 Å². The lowest BCUT2D eigenvalue weighted by Gasteiger charge is -2.17. The van der Waals surface area contributed by atoms with Crippen LogP contribution in [-0.4, -0.2) is 35.3 Å². The molecule has 1 aromatic carbocycles.